The molecule has 3 saturated carbocycles. The highest BCUT2D eigenvalue weighted by Gasteiger charge is 2.56. The standard InChI is InChI=1S/C28H46/c1-19(2)8-7-9-21(4)24-12-13-25-23-11-10-22-18-20(3)14-16-27(22,5)26(23)15-17-28(24,25)6/h10-11,19-21,24-26H,7-9,12-18H2,1-6H3/t20?,21-,24?,25+,26+,27?,28?/m1/s1. The van der Waals surface area contributed by atoms with Crippen molar-refractivity contribution in [2.75, 3.05) is 0 Å². The number of allylic oxidation sites excluding steroid dienone is 4. The molecule has 0 aliphatic heterocycles. The van der Waals surface area contributed by atoms with Crippen molar-refractivity contribution in [3.63, 3.8) is 0 Å². The van der Waals surface area contributed by atoms with Crippen LogP contribution in [0.25, 0.3) is 0 Å². The summed E-state index contributed by atoms with van der Waals surface area (Å²) in [6.45, 7) is 15.1. The van der Waals surface area contributed by atoms with E-state index in [0.717, 1.165) is 35.5 Å². The van der Waals surface area contributed by atoms with Crippen LogP contribution >= 0.6 is 0 Å². The first-order valence-electron chi connectivity index (χ1n) is 12.7. The van der Waals surface area contributed by atoms with Gasteiger partial charge in [-0.1, -0.05) is 84.1 Å². The van der Waals surface area contributed by atoms with E-state index in [1.165, 1.54) is 64.2 Å². The first-order valence-corrected chi connectivity index (χ1v) is 12.7. The predicted octanol–water partition coefficient (Wildman–Crippen LogP) is 8.58. The summed E-state index contributed by atoms with van der Waals surface area (Å²) in [7, 11) is 0. The van der Waals surface area contributed by atoms with Crippen LogP contribution < -0.4 is 0 Å². The van der Waals surface area contributed by atoms with Gasteiger partial charge in [-0.15, -0.1) is 0 Å². The van der Waals surface area contributed by atoms with Crippen LogP contribution in [0.3, 0.4) is 0 Å². The normalized spacial score (nSPS) is 43.7. The predicted molar refractivity (Wildman–Crippen MR) is 122 cm³/mol. The van der Waals surface area contributed by atoms with Gasteiger partial charge >= 0.3 is 0 Å². The van der Waals surface area contributed by atoms with Crippen molar-refractivity contribution >= 4 is 0 Å². The van der Waals surface area contributed by atoms with Crippen molar-refractivity contribution in [1.82, 2.24) is 0 Å². The number of hydrogen-bond donors (Lipinski definition) is 0. The lowest BCUT2D eigenvalue weighted by Crippen LogP contribution is -2.46. The summed E-state index contributed by atoms with van der Waals surface area (Å²) >= 11 is 0. The van der Waals surface area contributed by atoms with Gasteiger partial charge in [-0.05, 0) is 91.3 Å². The van der Waals surface area contributed by atoms with Crippen molar-refractivity contribution in [3.8, 4) is 0 Å². The van der Waals surface area contributed by atoms with Gasteiger partial charge < -0.3 is 0 Å². The molecule has 0 aromatic carbocycles. The van der Waals surface area contributed by atoms with Crippen LogP contribution in [0.5, 0.6) is 0 Å². The summed E-state index contributed by atoms with van der Waals surface area (Å²) in [5, 5.41) is 0. The van der Waals surface area contributed by atoms with Gasteiger partial charge in [-0.3, -0.25) is 0 Å². The van der Waals surface area contributed by atoms with Crippen molar-refractivity contribution in [1.29, 1.82) is 0 Å². The molecule has 0 radical (unpaired) electrons. The van der Waals surface area contributed by atoms with E-state index in [-0.39, 0.29) is 0 Å². The fourth-order valence-corrected chi connectivity index (χ4v) is 8.21. The molecule has 4 aliphatic carbocycles. The minimum absolute atomic E-state index is 0.485. The molecule has 0 bridgehead atoms. The summed E-state index contributed by atoms with van der Waals surface area (Å²) in [6, 6.07) is 0. The van der Waals surface area contributed by atoms with Crippen LogP contribution in [-0.4, -0.2) is 0 Å². The Morgan fingerprint density at radius 3 is 2.46 bits per heavy atom. The summed E-state index contributed by atoms with van der Waals surface area (Å²) in [6.07, 6.45) is 19.6. The molecule has 4 rings (SSSR count). The molecule has 0 nitrogen and oxygen atoms in total. The minimum atomic E-state index is 0.485. The average Bonchev–Trinajstić information content (AvgIpc) is 2.99. The first kappa shape index (κ1) is 20.7. The van der Waals surface area contributed by atoms with Crippen LogP contribution in [0.4, 0.5) is 0 Å². The highest BCUT2D eigenvalue weighted by molar-refractivity contribution is 5.38. The maximum Gasteiger partial charge on any atom is -0.00474 e. The lowest BCUT2D eigenvalue weighted by molar-refractivity contribution is 0.0447. The Morgan fingerprint density at radius 1 is 0.929 bits per heavy atom. The molecule has 0 heteroatoms. The molecule has 28 heavy (non-hydrogen) atoms. The van der Waals surface area contributed by atoms with E-state index in [9.17, 15) is 0 Å². The quantitative estimate of drug-likeness (QED) is 0.446. The summed E-state index contributed by atoms with van der Waals surface area (Å²) in [4.78, 5) is 0. The third-order valence-electron chi connectivity index (χ3n) is 10.0. The summed E-state index contributed by atoms with van der Waals surface area (Å²) < 4.78 is 0. The maximum atomic E-state index is 2.69. The molecule has 158 valence electrons. The molecule has 0 saturated heterocycles. The van der Waals surface area contributed by atoms with E-state index in [4.69, 9.17) is 0 Å². The van der Waals surface area contributed by atoms with E-state index in [1.54, 1.807) is 5.57 Å². The highest BCUT2D eigenvalue weighted by atomic mass is 14.6. The van der Waals surface area contributed by atoms with Crippen LogP contribution in [0.2, 0.25) is 0 Å². The third kappa shape index (κ3) is 3.35. The summed E-state index contributed by atoms with van der Waals surface area (Å²) in [5.41, 5.74) is 4.73. The average molecular weight is 383 g/mol. The summed E-state index contributed by atoms with van der Waals surface area (Å²) in [5.74, 6) is 5.35. The Bertz CT molecular complexity index is 636. The highest BCUT2D eigenvalue weighted by Crippen LogP contribution is 2.66. The Balaban J connectivity index is 1.53. The van der Waals surface area contributed by atoms with Crippen LogP contribution in [-0.2, 0) is 0 Å². The van der Waals surface area contributed by atoms with Crippen molar-refractivity contribution in [2.45, 2.75) is 106 Å². The smallest absolute Gasteiger partial charge is 0.00474 e. The number of fused-ring (bicyclic) bond motifs is 5. The van der Waals surface area contributed by atoms with E-state index >= 15 is 0 Å². The van der Waals surface area contributed by atoms with Gasteiger partial charge in [0, 0.05) is 0 Å². The molecule has 0 spiro atoms. The molecule has 0 aromatic rings. The SMILES string of the molecule is CC(C)CCC[C@@H](C)C1CC[C@H]2C3=CC=C4CC(C)CCC4(C)[C@H]3CCC12C. The van der Waals surface area contributed by atoms with Gasteiger partial charge in [0.05, 0.1) is 0 Å². The van der Waals surface area contributed by atoms with Gasteiger partial charge in [0.2, 0.25) is 0 Å². The Labute approximate surface area is 175 Å². The van der Waals surface area contributed by atoms with Gasteiger partial charge in [-0.2, -0.15) is 0 Å². The van der Waals surface area contributed by atoms with Crippen LogP contribution in [0.1, 0.15) is 106 Å². The van der Waals surface area contributed by atoms with E-state index < -0.39 is 0 Å². The van der Waals surface area contributed by atoms with Crippen molar-refractivity contribution < 1.29 is 0 Å². The Morgan fingerprint density at radius 2 is 1.71 bits per heavy atom. The minimum Gasteiger partial charge on any atom is -0.0634 e. The Hall–Kier alpha value is -0.520. The molecule has 0 N–H and O–H groups in total. The van der Waals surface area contributed by atoms with E-state index in [1.807, 2.05) is 5.57 Å². The fraction of sp³-hybridized carbons (Fsp3) is 0.857. The van der Waals surface area contributed by atoms with E-state index in [2.05, 4.69) is 53.7 Å². The van der Waals surface area contributed by atoms with Gasteiger partial charge in [0.25, 0.3) is 0 Å². The maximum absolute atomic E-state index is 2.69. The zero-order chi connectivity index (χ0) is 20.1. The molecular formula is C28H46. The zero-order valence-electron chi connectivity index (χ0n) is 19.7. The second kappa shape index (κ2) is 7.63. The largest absolute Gasteiger partial charge is 0.0634 e. The number of rotatable bonds is 5. The second-order valence-corrected chi connectivity index (χ2v) is 12.3. The molecule has 0 heterocycles. The number of hydrogen-bond acceptors (Lipinski definition) is 0. The zero-order valence-corrected chi connectivity index (χ0v) is 19.7. The van der Waals surface area contributed by atoms with Crippen LogP contribution in [0.15, 0.2) is 23.3 Å². The van der Waals surface area contributed by atoms with Crippen LogP contribution in [0, 0.1) is 46.3 Å². The lowest BCUT2D eigenvalue weighted by atomic mass is 9.49. The van der Waals surface area contributed by atoms with Gasteiger partial charge in [-0.25, -0.2) is 0 Å². The van der Waals surface area contributed by atoms with Crippen molar-refractivity contribution in [2.24, 2.45) is 46.3 Å². The monoisotopic (exact) mass is 382 g/mol. The van der Waals surface area contributed by atoms with E-state index in [0.29, 0.717) is 10.8 Å². The molecule has 4 unspecified atom stereocenters. The lowest BCUT2D eigenvalue weighted by Gasteiger charge is -2.55. The van der Waals surface area contributed by atoms with Crippen molar-refractivity contribution in [3.05, 3.63) is 23.3 Å². The molecule has 4 aliphatic rings. The molecule has 7 atom stereocenters. The third-order valence-corrected chi connectivity index (χ3v) is 10.0. The van der Waals surface area contributed by atoms with Gasteiger partial charge in [0.15, 0.2) is 0 Å². The molecule has 0 amide bonds. The molecule has 0 aromatic heterocycles. The molecule has 3 fully saturated rings. The molecular weight excluding hydrogens is 336 g/mol. The fourth-order valence-electron chi connectivity index (χ4n) is 8.21. The topological polar surface area (TPSA) is 0 Å². The van der Waals surface area contributed by atoms with Gasteiger partial charge in [0.1, 0.15) is 0 Å². The second-order valence-electron chi connectivity index (χ2n) is 12.3. The Kier molecular flexibility index (Phi) is 5.65. The first-order chi connectivity index (χ1) is 13.3.